The van der Waals surface area contributed by atoms with Crippen molar-refractivity contribution in [2.24, 2.45) is 0 Å². The topological polar surface area (TPSA) is 121 Å². The first-order valence-electron chi connectivity index (χ1n) is 10.3. The summed E-state index contributed by atoms with van der Waals surface area (Å²) in [5, 5.41) is 39.1. The second-order valence-corrected chi connectivity index (χ2v) is 8.19. The highest BCUT2D eigenvalue weighted by Gasteiger charge is 2.47. The maximum absolute atomic E-state index is 14.4. The summed E-state index contributed by atoms with van der Waals surface area (Å²) in [5.41, 5.74) is 4.48. The van der Waals surface area contributed by atoms with Gasteiger partial charge in [-0.25, -0.2) is 4.79 Å². The molecule has 0 bridgehead atoms. The number of hydrogen-bond acceptors (Lipinski definition) is 6. The summed E-state index contributed by atoms with van der Waals surface area (Å²) in [6.07, 6.45) is -4.76. The molecular formula is C22H31BFNO7. The van der Waals surface area contributed by atoms with Crippen LogP contribution in [0.2, 0.25) is 6.82 Å². The average Bonchev–Trinajstić information content (AvgIpc) is 2.99. The summed E-state index contributed by atoms with van der Waals surface area (Å²) in [6.45, 7) is 12.5. The Morgan fingerprint density at radius 1 is 1.25 bits per heavy atom. The lowest BCUT2D eigenvalue weighted by molar-refractivity contribution is -0.297. The van der Waals surface area contributed by atoms with E-state index in [9.17, 15) is 29.5 Å². The fourth-order valence-corrected chi connectivity index (χ4v) is 3.65. The predicted molar refractivity (Wildman–Crippen MR) is 119 cm³/mol. The monoisotopic (exact) mass is 451 g/mol. The van der Waals surface area contributed by atoms with E-state index >= 15 is 0 Å². The van der Waals surface area contributed by atoms with Crippen LogP contribution in [0.3, 0.4) is 0 Å². The first-order valence-corrected chi connectivity index (χ1v) is 10.3. The van der Waals surface area contributed by atoms with E-state index in [1.807, 2.05) is 32.9 Å². The van der Waals surface area contributed by atoms with Crippen molar-refractivity contribution in [3.63, 3.8) is 0 Å². The molecule has 1 aromatic rings. The fourth-order valence-electron chi connectivity index (χ4n) is 3.65. The molecule has 4 N–H and O–H groups in total. The van der Waals surface area contributed by atoms with E-state index in [1.54, 1.807) is 13.0 Å². The predicted octanol–water partition coefficient (Wildman–Crippen LogP) is 2.07. The largest absolute Gasteiger partial charge is 0.479 e. The maximum Gasteiger partial charge on any atom is 0.462 e. The minimum Gasteiger partial charge on any atom is -0.479 e. The Morgan fingerprint density at radius 3 is 2.41 bits per heavy atom. The van der Waals surface area contributed by atoms with E-state index in [2.05, 4.69) is 6.58 Å². The highest BCUT2D eigenvalue weighted by molar-refractivity contribution is 6.48. The van der Waals surface area contributed by atoms with Crippen molar-refractivity contribution in [1.29, 1.82) is 0 Å². The minimum absolute atomic E-state index is 0.153. The molecular weight excluding hydrogens is 420 g/mol. The van der Waals surface area contributed by atoms with Crippen molar-refractivity contribution in [3.05, 3.63) is 52.4 Å². The van der Waals surface area contributed by atoms with Gasteiger partial charge in [0.25, 0.3) is 0 Å². The fraction of sp³-hybridized carbons (Fsp3) is 0.500. The van der Waals surface area contributed by atoms with Gasteiger partial charge in [0.2, 0.25) is 0 Å². The molecule has 176 valence electrons. The molecule has 0 amide bonds. The lowest BCUT2D eigenvalue weighted by Gasteiger charge is -2.38. The maximum atomic E-state index is 14.4. The SMILES string of the molecule is C=C(C)/C=C(C)\C(C)=C\c1c(CO[C@@H]2O[C@H](C(=O)O)[C@@H](O)[C@H](O)[C@H]2O)cc(C)n1B(C)F. The number of aliphatic carboxylic acids is 1. The zero-order chi connectivity index (χ0) is 24.3. The molecule has 5 atom stereocenters. The summed E-state index contributed by atoms with van der Waals surface area (Å²) in [6, 6.07) is 1.72. The van der Waals surface area contributed by atoms with Gasteiger partial charge in [-0.05, 0) is 57.8 Å². The molecule has 2 heterocycles. The van der Waals surface area contributed by atoms with Crippen LogP contribution in [0.5, 0.6) is 0 Å². The Labute approximate surface area is 187 Å². The van der Waals surface area contributed by atoms with Gasteiger partial charge in [-0.15, -0.1) is 0 Å². The van der Waals surface area contributed by atoms with Crippen molar-refractivity contribution < 1.29 is 39.0 Å². The zero-order valence-electron chi connectivity index (χ0n) is 18.9. The van der Waals surface area contributed by atoms with Gasteiger partial charge in [-0.2, -0.15) is 0 Å². The highest BCUT2D eigenvalue weighted by atomic mass is 19.1. The van der Waals surface area contributed by atoms with Crippen LogP contribution in [0, 0.1) is 6.92 Å². The van der Waals surface area contributed by atoms with Crippen LogP contribution in [0.15, 0.2) is 35.4 Å². The van der Waals surface area contributed by atoms with Crippen LogP contribution in [0.4, 0.5) is 4.32 Å². The Bertz CT molecular complexity index is 924. The Hall–Kier alpha value is -2.24. The lowest BCUT2D eigenvalue weighted by Crippen LogP contribution is -2.60. The molecule has 1 aliphatic heterocycles. The van der Waals surface area contributed by atoms with E-state index in [0.29, 0.717) is 17.0 Å². The molecule has 8 nitrogen and oxygen atoms in total. The second-order valence-electron chi connectivity index (χ2n) is 8.19. The van der Waals surface area contributed by atoms with E-state index in [1.165, 1.54) is 11.3 Å². The zero-order valence-corrected chi connectivity index (χ0v) is 18.9. The minimum atomic E-state index is -1.80. The Balaban J connectivity index is 2.35. The standard InChI is InChI=1S/C22H31BFNO7/c1-11(2)7-12(3)13(4)8-16-15(9-14(5)25(16)23(6)24)10-31-22-19(28)17(26)18(27)20(32-22)21(29)30/h7-9,17-20,22,26-28H,1,10H2,2-6H3,(H,29,30)/b12-7-,13-8+/t17-,18-,19+,20-,22+/m0/s1. The molecule has 0 saturated carbocycles. The molecule has 1 fully saturated rings. The van der Waals surface area contributed by atoms with E-state index in [4.69, 9.17) is 9.47 Å². The van der Waals surface area contributed by atoms with Crippen LogP contribution < -0.4 is 0 Å². The number of nitrogens with zero attached hydrogens (tertiary/aromatic N) is 1. The van der Waals surface area contributed by atoms with Crippen molar-refractivity contribution >= 4 is 19.2 Å². The molecule has 0 aliphatic carbocycles. The molecule has 0 unspecified atom stereocenters. The van der Waals surface area contributed by atoms with Crippen molar-refractivity contribution in [2.75, 3.05) is 0 Å². The number of halogens is 1. The van der Waals surface area contributed by atoms with E-state index in [0.717, 1.165) is 16.7 Å². The number of rotatable bonds is 8. The van der Waals surface area contributed by atoms with Crippen LogP contribution >= 0.6 is 0 Å². The molecule has 1 aliphatic rings. The quantitative estimate of drug-likeness (QED) is 0.353. The van der Waals surface area contributed by atoms with Gasteiger partial charge in [0.1, 0.15) is 18.3 Å². The van der Waals surface area contributed by atoms with Gasteiger partial charge in [-0.3, -0.25) is 0 Å². The first-order chi connectivity index (χ1) is 14.8. The van der Waals surface area contributed by atoms with Crippen molar-refractivity contribution in [2.45, 2.75) is 71.8 Å². The van der Waals surface area contributed by atoms with Gasteiger partial charge in [-0.1, -0.05) is 18.2 Å². The van der Waals surface area contributed by atoms with Crippen LogP contribution in [0.25, 0.3) is 6.08 Å². The second kappa shape index (κ2) is 10.6. The number of carboxylic acid groups (broad SMARTS) is 1. The van der Waals surface area contributed by atoms with Gasteiger partial charge < -0.3 is 38.7 Å². The first kappa shape index (κ1) is 26.0. The number of aliphatic hydroxyl groups is 3. The van der Waals surface area contributed by atoms with Crippen LogP contribution in [-0.2, 0) is 20.9 Å². The molecule has 2 rings (SSSR count). The number of carboxylic acids is 1. The number of aryl methyl sites for hydroxylation is 1. The van der Waals surface area contributed by atoms with Crippen LogP contribution in [-0.4, -0.2) is 68.7 Å². The van der Waals surface area contributed by atoms with E-state index < -0.39 is 43.8 Å². The van der Waals surface area contributed by atoms with Gasteiger partial charge in [0.05, 0.1) is 6.61 Å². The average molecular weight is 451 g/mol. The molecule has 0 radical (unpaired) electrons. The van der Waals surface area contributed by atoms with Crippen molar-refractivity contribution in [1.82, 2.24) is 4.48 Å². The summed E-state index contributed by atoms with van der Waals surface area (Å²) >= 11 is 0. The number of aliphatic hydroxyl groups excluding tert-OH is 3. The summed E-state index contributed by atoms with van der Waals surface area (Å²) in [4.78, 5) is 11.3. The number of hydrogen-bond donors (Lipinski definition) is 4. The third kappa shape index (κ3) is 5.76. The van der Waals surface area contributed by atoms with Crippen molar-refractivity contribution in [3.8, 4) is 0 Å². The Kier molecular flexibility index (Phi) is 8.61. The molecule has 1 saturated heterocycles. The molecule has 32 heavy (non-hydrogen) atoms. The summed E-state index contributed by atoms with van der Waals surface area (Å²) in [7, 11) is -1.32. The van der Waals surface area contributed by atoms with Gasteiger partial charge in [0.15, 0.2) is 12.4 Å². The molecule has 1 aromatic heterocycles. The lowest BCUT2D eigenvalue weighted by atomic mass is 9.90. The third-order valence-corrected chi connectivity index (χ3v) is 5.36. The van der Waals surface area contributed by atoms with Crippen LogP contribution in [0.1, 0.15) is 37.7 Å². The molecule has 0 spiro atoms. The number of aromatic nitrogens is 1. The number of ether oxygens (including phenoxy) is 2. The van der Waals surface area contributed by atoms with E-state index in [-0.39, 0.29) is 6.61 Å². The Morgan fingerprint density at radius 2 is 1.88 bits per heavy atom. The highest BCUT2D eigenvalue weighted by Crippen LogP contribution is 2.27. The smallest absolute Gasteiger partial charge is 0.462 e. The third-order valence-electron chi connectivity index (χ3n) is 5.36. The summed E-state index contributed by atoms with van der Waals surface area (Å²) in [5.74, 6) is -1.50. The molecule has 10 heteroatoms. The molecule has 0 aromatic carbocycles. The summed E-state index contributed by atoms with van der Waals surface area (Å²) < 4.78 is 26.6. The number of carbonyl (C=O) groups is 1. The van der Waals surface area contributed by atoms with Gasteiger partial charge >= 0.3 is 13.1 Å². The normalized spacial score (nSPS) is 26.8. The van der Waals surface area contributed by atoms with Gasteiger partial charge in [0, 0.05) is 17.0 Å². The number of allylic oxidation sites excluding steroid dienone is 4.